The Bertz CT molecular complexity index is 833. The lowest BCUT2D eigenvalue weighted by Gasteiger charge is -2.07. The summed E-state index contributed by atoms with van der Waals surface area (Å²) in [5.41, 5.74) is 0.852. The van der Waals surface area contributed by atoms with Gasteiger partial charge in [0.1, 0.15) is 11.5 Å². The Kier molecular flexibility index (Phi) is 5.26. The van der Waals surface area contributed by atoms with Gasteiger partial charge in [0.25, 0.3) is 5.91 Å². The summed E-state index contributed by atoms with van der Waals surface area (Å²) in [6.07, 6.45) is 0. The van der Waals surface area contributed by atoms with Crippen LogP contribution in [0, 0.1) is 0 Å². The number of rotatable bonds is 7. The highest BCUT2D eigenvalue weighted by Crippen LogP contribution is 2.18. The van der Waals surface area contributed by atoms with Crippen LogP contribution >= 0.6 is 0 Å². The zero-order valence-corrected chi connectivity index (χ0v) is 13.6. The summed E-state index contributed by atoms with van der Waals surface area (Å²) < 4.78 is 15.6. The molecule has 7 heteroatoms. The smallest absolute Gasteiger partial charge is 0.258 e. The Morgan fingerprint density at radius 1 is 1.12 bits per heavy atom. The fraction of sp³-hybridized carbons (Fsp3) is 0.167. The molecular formula is C18H17N3O4. The van der Waals surface area contributed by atoms with E-state index in [1.54, 1.807) is 31.4 Å². The summed E-state index contributed by atoms with van der Waals surface area (Å²) in [6, 6.07) is 16.5. The van der Waals surface area contributed by atoms with Crippen LogP contribution in [-0.4, -0.2) is 29.8 Å². The third-order valence-electron chi connectivity index (χ3n) is 3.35. The van der Waals surface area contributed by atoms with Gasteiger partial charge in [0, 0.05) is 11.6 Å². The van der Waals surface area contributed by atoms with Crippen LogP contribution < -0.4 is 14.8 Å². The molecule has 3 aromatic rings. The largest absolute Gasteiger partial charge is 0.497 e. The molecule has 128 valence electrons. The van der Waals surface area contributed by atoms with Gasteiger partial charge in [-0.3, -0.25) is 4.79 Å². The molecule has 2 aromatic carbocycles. The van der Waals surface area contributed by atoms with E-state index >= 15 is 0 Å². The number of hydrogen-bond donors (Lipinski definition) is 1. The molecule has 1 amide bonds. The summed E-state index contributed by atoms with van der Waals surface area (Å²) in [6.45, 7) is 0.0208. The van der Waals surface area contributed by atoms with Crippen LogP contribution in [0.5, 0.6) is 11.5 Å². The number of hydrogen-bond acceptors (Lipinski definition) is 6. The predicted molar refractivity (Wildman–Crippen MR) is 90.1 cm³/mol. The van der Waals surface area contributed by atoms with Crippen molar-refractivity contribution >= 4 is 5.91 Å². The van der Waals surface area contributed by atoms with E-state index in [1.807, 2.05) is 30.3 Å². The summed E-state index contributed by atoms with van der Waals surface area (Å²) in [4.78, 5) is 16.1. The lowest BCUT2D eigenvalue weighted by atomic mass is 10.2. The Balaban J connectivity index is 1.48. The third-order valence-corrected chi connectivity index (χ3v) is 3.35. The van der Waals surface area contributed by atoms with E-state index in [4.69, 9.17) is 14.0 Å². The second-order valence-electron chi connectivity index (χ2n) is 5.12. The van der Waals surface area contributed by atoms with Gasteiger partial charge in [0.2, 0.25) is 11.7 Å². The predicted octanol–water partition coefficient (Wildman–Crippen LogP) is 2.44. The minimum Gasteiger partial charge on any atom is -0.497 e. The van der Waals surface area contributed by atoms with Crippen molar-refractivity contribution in [2.75, 3.05) is 13.7 Å². The van der Waals surface area contributed by atoms with Crippen LogP contribution in [0.3, 0.4) is 0 Å². The maximum Gasteiger partial charge on any atom is 0.258 e. The normalized spacial score (nSPS) is 10.3. The molecule has 0 saturated heterocycles. The number of benzene rings is 2. The van der Waals surface area contributed by atoms with Crippen LogP contribution in [0.1, 0.15) is 5.89 Å². The van der Waals surface area contributed by atoms with Gasteiger partial charge in [0.05, 0.1) is 13.7 Å². The van der Waals surface area contributed by atoms with E-state index < -0.39 is 0 Å². The number of amides is 1. The fourth-order valence-electron chi connectivity index (χ4n) is 2.10. The van der Waals surface area contributed by atoms with Crippen molar-refractivity contribution in [3.8, 4) is 22.9 Å². The second kappa shape index (κ2) is 7.96. The number of nitrogens with zero attached hydrogens (tertiary/aromatic N) is 2. The van der Waals surface area contributed by atoms with Gasteiger partial charge in [-0.05, 0) is 12.1 Å². The number of nitrogens with one attached hydrogen (secondary N) is 1. The minimum atomic E-state index is -0.290. The average Bonchev–Trinajstić information content (AvgIpc) is 3.15. The first-order valence-corrected chi connectivity index (χ1v) is 7.66. The van der Waals surface area contributed by atoms with Crippen molar-refractivity contribution < 1.29 is 18.8 Å². The van der Waals surface area contributed by atoms with Crippen LogP contribution in [-0.2, 0) is 11.3 Å². The zero-order chi connectivity index (χ0) is 17.5. The first-order chi connectivity index (χ1) is 12.2. The monoisotopic (exact) mass is 339 g/mol. The lowest BCUT2D eigenvalue weighted by Crippen LogP contribution is -2.28. The highest BCUT2D eigenvalue weighted by atomic mass is 16.5. The molecule has 0 bridgehead atoms. The van der Waals surface area contributed by atoms with Gasteiger partial charge in [-0.1, -0.05) is 41.6 Å². The van der Waals surface area contributed by atoms with E-state index in [2.05, 4.69) is 15.5 Å². The average molecular weight is 339 g/mol. The molecule has 1 heterocycles. The number of carbonyl (C=O) groups excluding carboxylic acids is 1. The molecule has 0 aliphatic rings. The van der Waals surface area contributed by atoms with Gasteiger partial charge >= 0.3 is 0 Å². The van der Waals surface area contributed by atoms with Crippen LogP contribution in [0.4, 0.5) is 0 Å². The van der Waals surface area contributed by atoms with E-state index in [9.17, 15) is 4.79 Å². The van der Waals surface area contributed by atoms with Crippen molar-refractivity contribution in [1.82, 2.24) is 15.5 Å². The van der Waals surface area contributed by atoms with E-state index in [0.29, 0.717) is 23.2 Å². The zero-order valence-electron chi connectivity index (χ0n) is 13.6. The molecule has 0 radical (unpaired) electrons. The van der Waals surface area contributed by atoms with Crippen molar-refractivity contribution in [3.63, 3.8) is 0 Å². The summed E-state index contributed by atoms with van der Waals surface area (Å²) >= 11 is 0. The van der Waals surface area contributed by atoms with Crippen molar-refractivity contribution in [2.24, 2.45) is 0 Å². The van der Waals surface area contributed by atoms with Gasteiger partial charge in [-0.15, -0.1) is 0 Å². The SMILES string of the molecule is COc1cccc(OCC(=O)NCc2nc(-c3ccccc3)no2)c1. The standard InChI is InChI=1S/C18H17N3O4/c1-23-14-8-5-9-15(10-14)24-12-16(22)19-11-17-20-18(21-25-17)13-6-3-2-4-7-13/h2-10H,11-12H2,1H3,(H,19,22). The van der Waals surface area contributed by atoms with Gasteiger partial charge in [0.15, 0.2) is 6.61 Å². The number of aromatic nitrogens is 2. The number of carbonyl (C=O) groups is 1. The Hall–Kier alpha value is -3.35. The van der Waals surface area contributed by atoms with Gasteiger partial charge in [-0.2, -0.15) is 4.98 Å². The number of ether oxygens (including phenoxy) is 2. The maximum atomic E-state index is 11.9. The molecule has 25 heavy (non-hydrogen) atoms. The quantitative estimate of drug-likeness (QED) is 0.711. The van der Waals surface area contributed by atoms with E-state index in [0.717, 1.165) is 5.56 Å². The first kappa shape index (κ1) is 16.5. The Labute approximate surface area is 144 Å². The molecule has 0 saturated carbocycles. The second-order valence-corrected chi connectivity index (χ2v) is 5.12. The molecular weight excluding hydrogens is 322 g/mol. The fourth-order valence-corrected chi connectivity index (χ4v) is 2.10. The van der Waals surface area contributed by atoms with Crippen molar-refractivity contribution in [2.45, 2.75) is 6.54 Å². The summed E-state index contributed by atoms with van der Waals surface area (Å²) in [5, 5.41) is 6.57. The van der Waals surface area contributed by atoms with Gasteiger partial charge in [-0.25, -0.2) is 0 Å². The molecule has 0 spiro atoms. The lowest BCUT2D eigenvalue weighted by molar-refractivity contribution is -0.123. The highest BCUT2D eigenvalue weighted by Gasteiger charge is 2.10. The topological polar surface area (TPSA) is 86.5 Å². The Morgan fingerprint density at radius 3 is 2.72 bits per heavy atom. The first-order valence-electron chi connectivity index (χ1n) is 7.66. The van der Waals surface area contributed by atoms with E-state index in [-0.39, 0.29) is 19.1 Å². The maximum absolute atomic E-state index is 11.9. The molecule has 0 unspecified atom stereocenters. The van der Waals surface area contributed by atoms with Crippen LogP contribution in [0.25, 0.3) is 11.4 Å². The van der Waals surface area contributed by atoms with Gasteiger partial charge < -0.3 is 19.3 Å². The van der Waals surface area contributed by atoms with E-state index in [1.165, 1.54) is 0 Å². The van der Waals surface area contributed by atoms with Crippen LogP contribution in [0.2, 0.25) is 0 Å². The molecule has 0 atom stereocenters. The molecule has 0 aliphatic carbocycles. The molecule has 1 aromatic heterocycles. The molecule has 7 nitrogen and oxygen atoms in total. The molecule has 0 fully saturated rings. The minimum absolute atomic E-state index is 0.118. The van der Waals surface area contributed by atoms with Crippen LogP contribution in [0.15, 0.2) is 59.1 Å². The molecule has 0 aliphatic heterocycles. The highest BCUT2D eigenvalue weighted by molar-refractivity contribution is 5.77. The third kappa shape index (κ3) is 4.57. The van der Waals surface area contributed by atoms with Crippen molar-refractivity contribution in [3.05, 3.63) is 60.5 Å². The Morgan fingerprint density at radius 2 is 1.92 bits per heavy atom. The summed E-state index contributed by atoms with van der Waals surface area (Å²) in [7, 11) is 1.57. The summed E-state index contributed by atoms with van der Waals surface area (Å²) in [5.74, 6) is 1.74. The molecule has 1 N–H and O–H groups in total. The molecule has 3 rings (SSSR count). The number of methoxy groups -OCH3 is 1. The van der Waals surface area contributed by atoms with Crippen molar-refractivity contribution in [1.29, 1.82) is 0 Å².